The van der Waals surface area contributed by atoms with Crippen molar-refractivity contribution in [2.75, 3.05) is 13.1 Å². The van der Waals surface area contributed by atoms with E-state index in [1.165, 1.54) is 0 Å². The standard InChI is InChI=1S/C10H11N5O/c1-2-11-5-7(1)9-14-10(16-15-9)8-6-12-3-4-13-8/h3-4,6-7,11H,1-2,5H2/t7-/m0/s1. The van der Waals surface area contributed by atoms with Gasteiger partial charge in [-0.1, -0.05) is 5.16 Å². The summed E-state index contributed by atoms with van der Waals surface area (Å²) in [4.78, 5) is 12.4. The van der Waals surface area contributed by atoms with E-state index in [2.05, 4.69) is 25.4 Å². The summed E-state index contributed by atoms with van der Waals surface area (Å²) in [5.41, 5.74) is 0.618. The van der Waals surface area contributed by atoms with Crippen LogP contribution in [-0.2, 0) is 0 Å². The largest absolute Gasteiger partial charge is 0.332 e. The van der Waals surface area contributed by atoms with Crippen molar-refractivity contribution in [3.05, 3.63) is 24.4 Å². The molecule has 1 atom stereocenters. The summed E-state index contributed by atoms with van der Waals surface area (Å²) in [5, 5.41) is 7.25. The monoisotopic (exact) mass is 217 g/mol. The average molecular weight is 217 g/mol. The molecule has 0 unspecified atom stereocenters. The highest BCUT2D eigenvalue weighted by Gasteiger charge is 2.22. The molecule has 2 aromatic heterocycles. The molecule has 0 aliphatic carbocycles. The Balaban J connectivity index is 1.87. The lowest BCUT2D eigenvalue weighted by atomic mass is 10.1. The average Bonchev–Trinajstić information content (AvgIpc) is 3.01. The molecule has 0 radical (unpaired) electrons. The maximum absolute atomic E-state index is 5.17. The zero-order valence-electron chi connectivity index (χ0n) is 8.63. The highest BCUT2D eigenvalue weighted by molar-refractivity contribution is 5.43. The molecule has 3 rings (SSSR count). The third-order valence-corrected chi connectivity index (χ3v) is 2.65. The van der Waals surface area contributed by atoms with Gasteiger partial charge in [-0.25, -0.2) is 4.98 Å². The van der Waals surface area contributed by atoms with Gasteiger partial charge in [-0.2, -0.15) is 4.98 Å². The number of rotatable bonds is 2. The molecule has 0 aromatic carbocycles. The minimum Gasteiger partial charge on any atom is -0.332 e. The first kappa shape index (κ1) is 9.41. The topological polar surface area (TPSA) is 76.7 Å². The highest BCUT2D eigenvalue weighted by Crippen LogP contribution is 2.21. The lowest BCUT2D eigenvalue weighted by Crippen LogP contribution is -2.08. The van der Waals surface area contributed by atoms with Gasteiger partial charge in [-0.15, -0.1) is 0 Å². The van der Waals surface area contributed by atoms with Gasteiger partial charge in [0.25, 0.3) is 5.89 Å². The Kier molecular flexibility index (Phi) is 2.34. The van der Waals surface area contributed by atoms with Crippen molar-refractivity contribution >= 4 is 0 Å². The van der Waals surface area contributed by atoms with Crippen LogP contribution in [0, 0.1) is 0 Å². The Bertz CT molecular complexity index is 463. The Labute approximate surface area is 92.1 Å². The van der Waals surface area contributed by atoms with Crippen molar-refractivity contribution in [1.29, 1.82) is 0 Å². The fraction of sp³-hybridized carbons (Fsp3) is 0.400. The predicted molar refractivity (Wildman–Crippen MR) is 55.6 cm³/mol. The molecule has 0 bridgehead atoms. The van der Waals surface area contributed by atoms with Crippen LogP contribution in [0.4, 0.5) is 0 Å². The van der Waals surface area contributed by atoms with E-state index in [-0.39, 0.29) is 0 Å². The highest BCUT2D eigenvalue weighted by atomic mass is 16.5. The van der Waals surface area contributed by atoms with Crippen molar-refractivity contribution in [2.24, 2.45) is 0 Å². The molecule has 0 amide bonds. The second-order valence-corrected chi connectivity index (χ2v) is 3.74. The molecule has 82 valence electrons. The SMILES string of the molecule is c1cnc(-c2nc([C@H]3CCNC3)no2)cn1. The lowest BCUT2D eigenvalue weighted by molar-refractivity contribution is 0.416. The maximum atomic E-state index is 5.17. The van der Waals surface area contributed by atoms with Gasteiger partial charge in [0.1, 0.15) is 5.69 Å². The molecule has 2 aromatic rings. The number of aromatic nitrogens is 4. The van der Waals surface area contributed by atoms with E-state index in [4.69, 9.17) is 4.52 Å². The number of nitrogens with zero attached hydrogens (tertiary/aromatic N) is 4. The number of hydrogen-bond acceptors (Lipinski definition) is 6. The van der Waals surface area contributed by atoms with Crippen LogP contribution in [-0.4, -0.2) is 33.2 Å². The van der Waals surface area contributed by atoms with Crippen molar-refractivity contribution in [2.45, 2.75) is 12.3 Å². The van der Waals surface area contributed by atoms with Crippen LogP contribution >= 0.6 is 0 Å². The van der Waals surface area contributed by atoms with Gasteiger partial charge in [0.05, 0.1) is 6.20 Å². The second kappa shape index (κ2) is 3.97. The molecule has 16 heavy (non-hydrogen) atoms. The fourth-order valence-electron chi connectivity index (χ4n) is 1.79. The third kappa shape index (κ3) is 1.67. The summed E-state index contributed by atoms with van der Waals surface area (Å²) in [6.45, 7) is 1.93. The molecule has 1 N–H and O–H groups in total. The van der Waals surface area contributed by atoms with Gasteiger partial charge < -0.3 is 9.84 Å². The Morgan fingerprint density at radius 1 is 1.38 bits per heavy atom. The summed E-state index contributed by atoms with van der Waals surface area (Å²) in [5.74, 6) is 1.55. The van der Waals surface area contributed by atoms with Crippen LogP contribution in [0.3, 0.4) is 0 Å². The van der Waals surface area contributed by atoms with Gasteiger partial charge in [-0.05, 0) is 13.0 Å². The van der Waals surface area contributed by atoms with Crippen LogP contribution in [0.2, 0.25) is 0 Å². The van der Waals surface area contributed by atoms with Crippen LogP contribution in [0.5, 0.6) is 0 Å². The molecule has 0 spiro atoms. The number of nitrogens with one attached hydrogen (secondary N) is 1. The minimum absolute atomic E-state index is 0.356. The van der Waals surface area contributed by atoms with Gasteiger partial charge >= 0.3 is 0 Å². The van der Waals surface area contributed by atoms with Crippen LogP contribution in [0.1, 0.15) is 18.2 Å². The smallest absolute Gasteiger partial charge is 0.278 e. The zero-order chi connectivity index (χ0) is 10.8. The zero-order valence-corrected chi connectivity index (χ0v) is 8.63. The number of hydrogen-bond donors (Lipinski definition) is 1. The Morgan fingerprint density at radius 3 is 3.12 bits per heavy atom. The molecule has 1 aliphatic heterocycles. The quantitative estimate of drug-likeness (QED) is 0.793. The van der Waals surface area contributed by atoms with Gasteiger partial charge in [0.2, 0.25) is 0 Å². The van der Waals surface area contributed by atoms with Crippen molar-refractivity contribution in [3.8, 4) is 11.6 Å². The van der Waals surface area contributed by atoms with E-state index in [0.717, 1.165) is 25.3 Å². The maximum Gasteiger partial charge on any atom is 0.278 e. The predicted octanol–water partition coefficient (Wildman–Crippen LogP) is 0.603. The van der Waals surface area contributed by atoms with E-state index in [0.29, 0.717) is 17.5 Å². The second-order valence-electron chi connectivity index (χ2n) is 3.74. The normalized spacial score (nSPS) is 20.1. The molecule has 0 saturated carbocycles. The van der Waals surface area contributed by atoms with E-state index in [1.54, 1.807) is 18.6 Å². The Morgan fingerprint density at radius 2 is 2.38 bits per heavy atom. The molecule has 6 heteroatoms. The molecule has 6 nitrogen and oxygen atoms in total. The molecular weight excluding hydrogens is 206 g/mol. The first-order valence-electron chi connectivity index (χ1n) is 5.24. The van der Waals surface area contributed by atoms with Gasteiger partial charge in [0, 0.05) is 24.9 Å². The molecule has 3 heterocycles. The van der Waals surface area contributed by atoms with Crippen LogP contribution < -0.4 is 5.32 Å². The first-order chi connectivity index (χ1) is 7.93. The van der Waals surface area contributed by atoms with Crippen molar-refractivity contribution in [3.63, 3.8) is 0 Å². The summed E-state index contributed by atoms with van der Waals surface area (Å²) in [7, 11) is 0. The minimum atomic E-state index is 0.356. The van der Waals surface area contributed by atoms with E-state index < -0.39 is 0 Å². The van der Waals surface area contributed by atoms with Gasteiger partial charge in [0.15, 0.2) is 5.82 Å². The third-order valence-electron chi connectivity index (χ3n) is 2.65. The fourth-order valence-corrected chi connectivity index (χ4v) is 1.79. The summed E-state index contributed by atoms with van der Waals surface area (Å²) >= 11 is 0. The molecule has 1 aliphatic rings. The molecular formula is C10H11N5O. The lowest BCUT2D eigenvalue weighted by Gasteiger charge is -1.98. The van der Waals surface area contributed by atoms with Crippen molar-refractivity contribution < 1.29 is 4.52 Å². The van der Waals surface area contributed by atoms with E-state index in [9.17, 15) is 0 Å². The van der Waals surface area contributed by atoms with Crippen molar-refractivity contribution in [1.82, 2.24) is 25.4 Å². The van der Waals surface area contributed by atoms with E-state index in [1.807, 2.05) is 0 Å². The van der Waals surface area contributed by atoms with Crippen LogP contribution in [0.15, 0.2) is 23.1 Å². The first-order valence-corrected chi connectivity index (χ1v) is 5.24. The molecule has 1 saturated heterocycles. The summed E-state index contributed by atoms with van der Waals surface area (Å²) in [6.07, 6.45) is 5.89. The summed E-state index contributed by atoms with van der Waals surface area (Å²) < 4.78 is 5.17. The molecule has 1 fully saturated rings. The van der Waals surface area contributed by atoms with Crippen LogP contribution in [0.25, 0.3) is 11.6 Å². The summed E-state index contributed by atoms with van der Waals surface area (Å²) in [6, 6.07) is 0. The van der Waals surface area contributed by atoms with E-state index >= 15 is 0 Å². The van der Waals surface area contributed by atoms with Gasteiger partial charge in [-0.3, -0.25) is 4.98 Å². The Hall–Kier alpha value is -1.82.